The lowest BCUT2D eigenvalue weighted by Crippen LogP contribution is -2.46. The molecule has 24 heavy (non-hydrogen) atoms. The summed E-state index contributed by atoms with van der Waals surface area (Å²) in [6.07, 6.45) is 2.69. The zero-order chi connectivity index (χ0) is 17.3. The molecule has 0 bridgehead atoms. The van der Waals surface area contributed by atoms with Gasteiger partial charge in [0.05, 0.1) is 17.5 Å². The topological polar surface area (TPSA) is 87.1 Å². The van der Waals surface area contributed by atoms with Gasteiger partial charge in [0, 0.05) is 11.5 Å². The number of aromatic nitrogens is 2. The Morgan fingerprint density at radius 2 is 2.25 bits per heavy atom. The van der Waals surface area contributed by atoms with Gasteiger partial charge < -0.3 is 15.4 Å². The van der Waals surface area contributed by atoms with Crippen molar-refractivity contribution < 1.29 is 9.90 Å². The third-order valence-corrected chi connectivity index (χ3v) is 5.29. The van der Waals surface area contributed by atoms with Crippen LogP contribution in [0.15, 0.2) is 29.1 Å². The van der Waals surface area contributed by atoms with E-state index in [1.165, 1.54) is 4.57 Å². The molecule has 1 heterocycles. The first-order valence-electron chi connectivity index (χ1n) is 8.07. The minimum absolute atomic E-state index is 0.0356. The van der Waals surface area contributed by atoms with E-state index < -0.39 is 0 Å². The van der Waals surface area contributed by atoms with E-state index in [2.05, 4.69) is 10.3 Å². The number of H-pyrrole nitrogens is 1. The number of fused-ring (bicyclic) bond motifs is 1. The number of para-hydroxylation sites is 1. The molecule has 0 unspecified atom stereocenters. The number of hydrogen-bond donors (Lipinski definition) is 3. The maximum absolute atomic E-state index is 12.6. The summed E-state index contributed by atoms with van der Waals surface area (Å²) in [5, 5.41) is 13.0. The molecule has 1 aliphatic rings. The minimum Gasteiger partial charge on any atom is -0.396 e. The Balaban J connectivity index is 1.84. The fraction of sp³-hybridized carbons (Fsp3) is 0.471. The monoisotopic (exact) mass is 347 g/mol. The second-order valence-corrected chi connectivity index (χ2v) is 7.08. The number of nitrogens with zero attached hydrogens (tertiary/aromatic N) is 1. The number of amides is 1. The lowest BCUT2D eigenvalue weighted by Gasteiger charge is -2.30. The highest BCUT2D eigenvalue weighted by Gasteiger charge is 2.39. The first-order valence-corrected chi connectivity index (χ1v) is 8.47. The van der Waals surface area contributed by atoms with Gasteiger partial charge in [0.25, 0.3) is 5.56 Å². The van der Waals surface area contributed by atoms with Crippen LogP contribution >= 0.6 is 12.2 Å². The Kier molecular flexibility index (Phi) is 4.56. The third-order valence-electron chi connectivity index (χ3n) is 4.97. The van der Waals surface area contributed by atoms with Gasteiger partial charge in [-0.3, -0.25) is 14.2 Å². The molecular weight excluding hydrogens is 326 g/mol. The van der Waals surface area contributed by atoms with Gasteiger partial charge in [-0.1, -0.05) is 25.5 Å². The normalized spacial score (nSPS) is 23.5. The second kappa shape index (κ2) is 6.49. The van der Waals surface area contributed by atoms with Crippen molar-refractivity contribution in [3.63, 3.8) is 0 Å². The van der Waals surface area contributed by atoms with E-state index in [1.54, 1.807) is 18.2 Å². The van der Waals surface area contributed by atoms with E-state index in [4.69, 9.17) is 12.2 Å². The molecule has 1 aromatic carbocycles. The summed E-state index contributed by atoms with van der Waals surface area (Å²) in [6, 6.07) is 7.00. The predicted octanol–water partition coefficient (Wildman–Crippen LogP) is 1.73. The maximum atomic E-state index is 12.6. The second-order valence-electron chi connectivity index (χ2n) is 6.69. The van der Waals surface area contributed by atoms with Crippen LogP contribution in [0.5, 0.6) is 0 Å². The molecule has 0 radical (unpaired) electrons. The molecule has 0 saturated heterocycles. The molecular formula is C17H21N3O3S. The average molecular weight is 347 g/mol. The Bertz CT molecular complexity index is 889. The molecule has 0 spiro atoms. The van der Waals surface area contributed by atoms with Crippen molar-refractivity contribution in [1.82, 2.24) is 14.9 Å². The number of hydrogen-bond acceptors (Lipinski definition) is 4. The van der Waals surface area contributed by atoms with E-state index in [0.717, 1.165) is 19.3 Å². The molecule has 1 saturated carbocycles. The first-order chi connectivity index (χ1) is 11.4. The highest BCUT2D eigenvalue weighted by molar-refractivity contribution is 7.71. The smallest absolute Gasteiger partial charge is 0.262 e. The van der Waals surface area contributed by atoms with Gasteiger partial charge in [0.2, 0.25) is 5.91 Å². The third kappa shape index (κ3) is 3.01. The largest absolute Gasteiger partial charge is 0.396 e. The van der Waals surface area contributed by atoms with E-state index in [0.29, 0.717) is 10.9 Å². The molecule has 3 rings (SSSR count). The quantitative estimate of drug-likeness (QED) is 0.735. The Morgan fingerprint density at radius 3 is 3.00 bits per heavy atom. The van der Waals surface area contributed by atoms with Crippen LogP contribution in [0.25, 0.3) is 10.9 Å². The van der Waals surface area contributed by atoms with Crippen LogP contribution in [-0.2, 0) is 11.3 Å². The first kappa shape index (κ1) is 16.9. The molecule has 3 N–H and O–H groups in total. The van der Waals surface area contributed by atoms with Crippen molar-refractivity contribution in [3.05, 3.63) is 39.4 Å². The van der Waals surface area contributed by atoms with E-state index in [-0.39, 0.29) is 40.8 Å². The number of aliphatic hydroxyl groups is 1. The molecule has 1 aromatic heterocycles. The molecule has 2 atom stereocenters. The Hall–Kier alpha value is -1.99. The van der Waals surface area contributed by atoms with Crippen molar-refractivity contribution in [1.29, 1.82) is 0 Å². The number of carbonyl (C=O) groups excluding carboxylic acids is 1. The zero-order valence-electron chi connectivity index (χ0n) is 13.5. The Labute approximate surface area is 144 Å². The minimum atomic E-state index is -0.299. The molecule has 128 valence electrons. The number of carbonyl (C=O) groups is 1. The standard InChI is InChI=1S/C17H21N3O3S/c1-17(10-21)8-4-7-13(17)19-14(22)9-20-15(23)11-5-2-3-6-12(11)18-16(20)24/h2-3,5-6,13,21H,4,7-10H2,1H3,(H,18,24)(H,19,22)/t13-,17+/m0/s1. The van der Waals surface area contributed by atoms with Crippen LogP contribution in [-0.4, -0.2) is 33.2 Å². The molecule has 1 fully saturated rings. The van der Waals surface area contributed by atoms with E-state index >= 15 is 0 Å². The number of aromatic amines is 1. The van der Waals surface area contributed by atoms with Crippen LogP contribution < -0.4 is 10.9 Å². The molecule has 1 aliphatic carbocycles. The summed E-state index contributed by atoms with van der Waals surface area (Å²) < 4.78 is 1.50. The van der Waals surface area contributed by atoms with Crippen molar-refractivity contribution in [2.24, 2.45) is 5.41 Å². The average Bonchev–Trinajstić information content (AvgIpc) is 2.93. The lowest BCUT2D eigenvalue weighted by molar-refractivity contribution is -0.123. The molecule has 7 heteroatoms. The van der Waals surface area contributed by atoms with Crippen molar-refractivity contribution in [2.75, 3.05) is 6.61 Å². The van der Waals surface area contributed by atoms with Gasteiger partial charge in [0.15, 0.2) is 4.77 Å². The predicted molar refractivity (Wildman–Crippen MR) is 94.4 cm³/mol. The number of aliphatic hydroxyl groups excluding tert-OH is 1. The van der Waals surface area contributed by atoms with Crippen LogP contribution in [0.1, 0.15) is 26.2 Å². The fourth-order valence-corrected chi connectivity index (χ4v) is 3.65. The molecule has 2 aromatic rings. The van der Waals surface area contributed by atoms with Gasteiger partial charge in [-0.15, -0.1) is 0 Å². The van der Waals surface area contributed by atoms with Crippen molar-refractivity contribution in [3.8, 4) is 0 Å². The number of rotatable bonds is 4. The fourth-order valence-electron chi connectivity index (χ4n) is 3.39. The Morgan fingerprint density at radius 1 is 1.50 bits per heavy atom. The van der Waals surface area contributed by atoms with Crippen molar-refractivity contribution >= 4 is 29.0 Å². The highest BCUT2D eigenvalue weighted by Crippen LogP contribution is 2.37. The maximum Gasteiger partial charge on any atom is 0.262 e. The van der Waals surface area contributed by atoms with Crippen LogP contribution in [0.2, 0.25) is 0 Å². The molecule has 6 nitrogen and oxygen atoms in total. The molecule has 1 amide bonds. The summed E-state index contributed by atoms with van der Waals surface area (Å²) in [4.78, 5) is 27.9. The van der Waals surface area contributed by atoms with Gasteiger partial charge in [-0.25, -0.2) is 0 Å². The SMILES string of the molecule is C[C@]1(CO)CCC[C@@H]1NC(=O)Cn1c(=S)[nH]c2ccccc2c1=O. The summed E-state index contributed by atoms with van der Waals surface area (Å²) in [7, 11) is 0. The highest BCUT2D eigenvalue weighted by atomic mass is 32.1. The van der Waals surface area contributed by atoms with Crippen LogP contribution in [0.3, 0.4) is 0 Å². The van der Waals surface area contributed by atoms with Gasteiger partial charge in [-0.05, 0) is 37.2 Å². The summed E-state index contributed by atoms with van der Waals surface area (Å²) in [5.41, 5.74) is 0.0843. The zero-order valence-corrected chi connectivity index (χ0v) is 14.4. The number of nitrogens with one attached hydrogen (secondary N) is 2. The van der Waals surface area contributed by atoms with Crippen LogP contribution in [0, 0.1) is 10.2 Å². The molecule has 0 aliphatic heterocycles. The van der Waals surface area contributed by atoms with Gasteiger partial charge in [-0.2, -0.15) is 0 Å². The summed E-state index contributed by atoms with van der Waals surface area (Å²) in [5.74, 6) is -0.265. The van der Waals surface area contributed by atoms with Crippen molar-refractivity contribution in [2.45, 2.75) is 38.8 Å². The van der Waals surface area contributed by atoms with Gasteiger partial charge in [0.1, 0.15) is 6.54 Å². The summed E-state index contributed by atoms with van der Waals surface area (Å²) >= 11 is 5.22. The summed E-state index contributed by atoms with van der Waals surface area (Å²) in [6.45, 7) is 1.88. The van der Waals surface area contributed by atoms with E-state index in [1.807, 2.05) is 13.0 Å². The lowest BCUT2D eigenvalue weighted by atomic mass is 9.86. The van der Waals surface area contributed by atoms with Crippen LogP contribution in [0.4, 0.5) is 0 Å². The van der Waals surface area contributed by atoms with E-state index in [9.17, 15) is 14.7 Å². The van der Waals surface area contributed by atoms with Gasteiger partial charge >= 0.3 is 0 Å². The number of benzene rings is 1.